The number of anilines is 2. The van der Waals surface area contributed by atoms with E-state index in [4.69, 9.17) is 23.1 Å². The predicted molar refractivity (Wildman–Crippen MR) is 140 cm³/mol. The molecule has 1 atom stereocenters. The largest absolute Gasteiger partial charge is 0.395 e. The highest BCUT2D eigenvalue weighted by Crippen LogP contribution is 2.33. The van der Waals surface area contributed by atoms with Crippen molar-refractivity contribution >= 4 is 52.2 Å². The Balaban J connectivity index is 2.14. The molecule has 0 aliphatic carbocycles. The van der Waals surface area contributed by atoms with Crippen molar-refractivity contribution in [1.82, 2.24) is 9.69 Å². The lowest BCUT2D eigenvalue weighted by atomic mass is 10.0. The van der Waals surface area contributed by atoms with Gasteiger partial charge >= 0.3 is 0 Å². The molecule has 3 aromatic rings. The second kappa shape index (κ2) is 11.3. The van der Waals surface area contributed by atoms with Crippen LogP contribution in [0.25, 0.3) is 0 Å². The third-order valence-electron chi connectivity index (χ3n) is 5.40. The van der Waals surface area contributed by atoms with Gasteiger partial charge in [-0.1, -0.05) is 55.3 Å². The van der Waals surface area contributed by atoms with Gasteiger partial charge in [-0.2, -0.15) is 4.37 Å². The number of nitrogens with two attached hydrogens (primary N) is 2. The zero-order chi connectivity index (χ0) is 25.7. The number of hydrogen-bond donors (Lipinski definition) is 3. The highest BCUT2D eigenvalue weighted by molar-refractivity contribution is 7.09. The minimum Gasteiger partial charge on any atom is -0.395 e. The SMILES string of the molecule is Cc1ccc(N(C(=O)c2snc(C(N)=O)c2N)[C@@H](C(=O)NCCC(C)C)c2ccc(Cl)cc2)cc1. The number of halogens is 1. The van der Waals surface area contributed by atoms with Crippen LogP contribution in [-0.4, -0.2) is 28.6 Å². The Morgan fingerprint density at radius 1 is 1.09 bits per heavy atom. The summed E-state index contributed by atoms with van der Waals surface area (Å²) in [5.74, 6) is -1.38. The van der Waals surface area contributed by atoms with E-state index in [9.17, 15) is 14.4 Å². The van der Waals surface area contributed by atoms with E-state index in [-0.39, 0.29) is 22.2 Å². The smallest absolute Gasteiger partial charge is 0.273 e. The number of aromatic nitrogens is 1. The van der Waals surface area contributed by atoms with Crippen LogP contribution in [-0.2, 0) is 4.79 Å². The van der Waals surface area contributed by atoms with E-state index in [1.807, 2.05) is 19.1 Å². The molecule has 1 heterocycles. The molecule has 3 rings (SSSR count). The molecule has 10 heteroatoms. The van der Waals surface area contributed by atoms with Crippen LogP contribution in [0.15, 0.2) is 48.5 Å². The maximum absolute atomic E-state index is 13.9. The lowest BCUT2D eigenvalue weighted by Crippen LogP contribution is -2.44. The predicted octanol–water partition coefficient (Wildman–Crippen LogP) is 4.34. The van der Waals surface area contributed by atoms with Crippen molar-refractivity contribution < 1.29 is 14.4 Å². The number of aryl methyl sites for hydroxylation is 1. The van der Waals surface area contributed by atoms with E-state index in [0.29, 0.717) is 28.7 Å². The Hall–Kier alpha value is -3.43. The Morgan fingerprint density at radius 3 is 2.26 bits per heavy atom. The highest BCUT2D eigenvalue weighted by atomic mass is 35.5. The van der Waals surface area contributed by atoms with Gasteiger partial charge in [-0.25, -0.2) is 0 Å². The van der Waals surface area contributed by atoms with Crippen molar-refractivity contribution in [2.75, 3.05) is 17.2 Å². The highest BCUT2D eigenvalue weighted by Gasteiger charge is 2.36. The summed E-state index contributed by atoms with van der Waals surface area (Å²) in [7, 11) is 0. The van der Waals surface area contributed by atoms with Crippen molar-refractivity contribution in [3.8, 4) is 0 Å². The number of nitrogen functional groups attached to an aromatic ring is 1. The topological polar surface area (TPSA) is 131 Å². The minimum atomic E-state index is -1.03. The van der Waals surface area contributed by atoms with E-state index in [0.717, 1.165) is 23.5 Å². The van der Waals surface area contributed by atoms with Crippen LogP contribution in [0.1, 0.15) is 57.6 Å². The second-order valence-corrected chi connectivity index (χ2v) is 9.79. The van der Waals surface area contributed by atoms with Crippen molar-refractivity contribution in [2.24, 2.45) is 11.7 Å². The van der Waals surface area contributed by atoms with Crippen LogP contribution in [0.3, 0.4) is 0 Å². The van der Waals surface area contributed by atoms with E-state index < -0.39 is 17.9 Å². The van der Waals surface area contributed by atoms with Crippen molar-refractivity contribution in [1.29, 1.82) is 0 Å². The standard InChI is InChI=1S/C25H28ClN5O3S/c1-14(2)12-13-29-24(33)21(16-6-8-17(26)9-7-16)31(18-10-4-15(3)5-11-18)25(34)22-19(27)20(23(28)32)30-35-22/h4-11,14,21H,12-13,27H2,1-3H3,(H2,28,32)(H,29,33)/t21-/m1/s1. The van der Waals surface area contributed by atoms with Crippen LogP contribution in [0.4, 0.5) is 11.4 Å². The summed E-state index contributed by atoms with van der Waals surface area (Å²) in [6.07, 6.45) is 0.779. The number of nitrogens with one attached hydrogen (secondary N) is 1. The minimum absolute atomic E-state index is 0.0216. The van der Waals surface area contributed by atoms with Gasteiger partial charge in [-0.3, -0.25) is 19.3 Å². The first kappa shape index (κ1) is 26.2. The summed E-state index contributed by atoms with van der Waals surface area (Å²) in [5, 5.41) is 3.45. The van der Waals surface area contributed by atoms with Gasteiger partial charge in [-0.15, -0.1) is 0 Å². The normalized spacial score (nSPS) is 11.8. The first-order valence-corrected chi connectivity index (χ1v) is 12.2. The molecule has 0 bridgehead atoms. The molecule has 0 unspecified atom stereocenters. The van der Waals surface area contributed by atoms with Crippen molar-refractivity contribution in [3.05, 3.63) is 75.3 Å². The molecule has 0 saturated heterocycles. The quantitative estimate of drug-likeness (QED) is 0.391. The number of rotatable bonds is 9. The summed E-state index contributed by atoms with van der Waals surface area (Å²) < 4.78 is 3.96. The van der Waals surface area contributed by atoms with E-state index in [1.165, 1.54) is 4.90 Å². The van der Waals surface area contributed by atoms with Gasteiger partial charge in [0.15, 0.2) is 5.69 Å². The molecule has 2 aromatic carbocycles. The summed E-state index contributed by atoms with van der Waals surface area (Å²) in [6.45, 7) is 6.50. The van der Waals surface area contributed by atoms with Gasteiger partial charge in [0, 0.05) is 17.3 Å². The molecule has 5 N–H and O–H groups in total. The van der Waals surface area contributed by atoms with Crippen LogP contribution >= 0.6 is 23.1 Å². The fourth-order valence-corrected chi connectivity index (χ4v) is 4.34. The molecule has 8 nitrogen and oxygen atoms in total. The molecule has 0 spiro atoms. The molecule has 0 aliphatic rings. The fraction of sp³-hybridized carbons (Fsp3) is 0.280. The number of carbonyl (C=O) groups is 3. The van der Waals surface area contributed by atoms with Crippen LogP contribution in [0.2, 0.25) is 5.02 Å². The average Bonchev–Trinajstić information content (AvgIpc) is 3.20. The van der Waals surface area contributed by atoms with Gasteiger partial charge in [0.2, 0.25) is 5.91 Å². The molecule has 0 fully saturated rings. The van der Waals surface area contributed by atoms with Gasteiger partial charge in [0.25, 0.3) is 11.8 Å². The van der Waals surface area contributed by atoms with Crippen LogP contribution in [0.5, 0.6) is 0 Å². The Bertz CT molecular complexity index is 1210. The number of nitrogens with zero attached hydrogens (tertiary/aromatic N) is 2. The molecule has 3 amide bonds. The number of benzene rings is 2. The lowest BCUT2D eigenvalue weighted by Gasteiger charge is -2.31. The zero-order valence-electron chi connectivity index (χ0n) is 19.7. The molecule has 35 heavy (non-hydrogen) atoms. The third-order valence-corrected chi connectivity index (χ3v) is 6.50. The maximum atomic E-state index is 13.9. The van der Waals surface area contributed by atoms with E-state index in [2.05, 4.69) is 23.5 Å². The average molecular weight is 514 g/mol. The van der Waals surface area contributed by atoms with Crippen LogP contribution < -0.4 is 21.7 Å². The molecule has 0 aliphatic heterocycles. The zero-order valence-corrected chi connectivity index (χ0v) is 21.3. The molecule has 1 aromatic heterocycles. The summed E-state index contributed by atoms with van der Waals surface area (Å²) >= 11 is 6.86. The number of carbonyl (C=O) groups excluding carboxylic acids is 3. The number of amides is 3. The molecular formula is C25H28ClN5O3S. The van der Waals surface area contributed by atoms with Gasteiger partial charge in [-0.05, 0) is 60.6 Å². The summed E-state index contributed by atoms with van der Waals surface area (Å²) in [6, 6.07) is 12.9. The molecule has 0 radical (unpaired) electrons. The first-order valence-electron chi connectivity index (χ1n) is 11.1. The lowest BCUT2D eigenvalue weighted by molar-refractivity contribution is -0.122. The number of hydrogen-bond acceptors (Lipinski definition) is 6. The fourth-order valence-electron chi connectivity index (χ4n) is 3.47. The van der Waals surface area contributed by atoms with Crippen molar-refractivity contribution in [3.63, 3.8) is 0 Å². The second-order valence-electron chi connectivity index (χ2n) is 8.58. The maximum Gasteiger partial charge on any atom is 0.273 e. The first-order chi connectivity index (χ1) is 16.6. The van der Waals surface area contributed by atoms with Gasteiger partial charge in [0.1, 0.15) is 10.9 Å². The summed E-state index contributed by atoms with van der Waals surface area (Å²) in [4.78, 5) is 40.6. The molecule has 184 valence electrons. The van der Waals surface area contributed by atoms with E-state index >= 15 is 0 Å². The molecule has 0 saturated carbocycles. The van der Waals surface area contributed by atoms with Crippen molar-refractivity contribution in [2.45, 2.75) is 33.2 Å². The Labute approximate surface area is 213 Å². The summed E-state index contributed by atoms with van der Waals surface area (Å²) in [5.41, 5.74) is 13.2. The third kappa shape index (κ3) is 6.17. The van der Waals surface area contributed by atoms with Crippen LogP contribution in [0, 0.1) is 12.8 Å². The van der Waals surface area contributed by atoms with Gasteiger partial charge in [0.05, 0.1) is 5.69 Å². The van der Waals surface area contributed by atoms with Gasteiger partial charge < -0.3 is 16.8 Å². The van der Waals surface area contributed by atoms with E-state index in [1.54, 1.807) is 36.4 Å². The Kier molecular flexibility index (Phi) is 8.48. The Morgan fingerprint density at radius 2 is 1.71 bits per heavy atom. The number of primary amides is 1. The monoisotopic (exact) mass is 513 g/mol. The molecular weight excluding hydrogens is 486 g/mol.